The Labute approximate surface area is 168 Å². The van der Waals surface area contributed by atoms with E-state index in [1.807, 2.05) is 37.3 Å². The van der Waals surface area contributed by atoms with E-state index in [4.69, 9.17) is 0 Å². The second-order valence-electron chi connectivity index (χ2n) is 7.59. The molecule has 1 amide bonds. The molecule has 4 rings (SSSR count). The second kappa shape index (κ2) is 7.61. The number of nitrogens with zero attached hydrogens (tertiary/aromatic N) is 2. The largest absolute Gasteiger partial charge is 0.416 e. The third-order valence-corrected chi connectivity index (χ3v) is 5.85. The van der Waals surface area contributed by atoms with Gasteiger partial charge in [-0.1, -0.05) is 18.2 Å². The summed E-state index contributed by atoms with van der Waals surface area (Å²) in [5.41, 5.74) is 1.85. The van der Waals surface area contributed by atoms with Crippen LogP contribution in [-0.4, -0.2) is 38.1 Å². The summed E-state index contributed by atoms with van der Waals surface area (Å²) in [6.45, 7) is 4.43. The first-order chi connectivity index (χ1) is 13.9. The molecule has 2 aliphatic rings. The highest BCUT2D eigenvalue weighted by molar-refractivity contribution is 5.82. The normalized spacial score (nSPS) is 21.4. The molecule has 0 radical (unpaired) electrons. The zero-order valence-corrected chi connectivity index (χ0v) is 16.2. The van der Waals surface area contributed by atoms with Crippen molar-refractivity contribution in [1.29, 1.82) is 0 Å². The fourth-order valence-corrected chi connectivity index (χ4v) is 4.48. The molecule has 2 aromatic rings. The molecule has 0 unspecified atom stereocenters. The second-order valence-corrected chi connectivity index (χ2v) is 7.59. The lowest BCUT2D eigenvalue weighted by atomic mass is 9.82. The molecular formula is C22H24F3N3O. The number of hydrogen-bond acceptors (Lipinski definition) is 3. The van der Waals surface area contributed by atoms with Crippen LogP contribution in [0.3, 0.4) is 0 Å². The van der Waals surface area contributed by atoms with E-state index in [1.165, 1.54) is 6.07 Å². The minimum atomic E-state index is -4.39. The Morgan fingerprint density at radius 3 is 2.59 bits per heavy atom. The Bertz CT molecular complexity index is 885. The summed E-state index contributed by atoms with van der Waals surface area (Å²) in [6.07, 6.45) is -4.08. The number of piperazine rings is 1. The molecule has 0 spiro atoms. The SMILES string of the molecule is CCNC(=O)[C@H]1Cc2cc(C(F)(F)F)ccc2N2CCN(c3ccccc3)C[C@H]12. The van der Waals surface area contributed by atoms with Crippen LogP contribution >= 0.6 is 0 Å². The average Bonchev–Trinajstić information content (AvgIpc) is 2.72. The minimum absolute atomic E-state index is 0.0836. The van der Waals surface area contributed by atoms with Crippen molar-refractivity contribution in [3.8, 4) is 0 Å². The molecule has 2 aliphatic heterocycles. The average molecular weight is 403 g/mol. The summed E-state index contributed by atoms with van der Waals surface area (Å²) >= 11 is 0. The number of halogens is 3. The van der Waals surface area contributed by atoms with Crippen molar-refractivity contribution in [2.24, 2.45) is 5.92 Å². The van der Waals surface area contributed by atoms with E-state index in [9.17, 15) is 18.0 Å². The molecule has 4 nitrogen and oxygen atoms in total. The number of rotatable bonds is 3. The molecule has 154 valence electrons. The van der Waals surface area contributed by atoms with Crippen LogP contribution in [0.5, 0.6) is 0 Å². The van der Waals surface area contributed by atoms with Crippen molar-refractivity contribution in [1.82, 2.24) is 5.32 Å². The van der Waals surface area contributed by atoms with Gasteiger partial charge in [0.2, 0.25) is 5.91 Å². The maximum Gasteiger partial charge on any atom is 0.416 e. The number of carbonyl (C=O) groups excluding carboxylic acids is 1. The third kappa shape index (κ3) is 3.78. The molecule has 7 heteroatoms. The maximum atomic E-state index is 13.2. The first-order valence-electron chi connectivity index (χ1n) is 9.93. The molecule has 0 bridgehead atoms. The predicted molar refractivity (Wildman–Crippen MR) is 107 cm³/mol. The topological polar surface area (TPSA) is 35.6 Å². The zero-order chi connectivity index (χ0) is 20.6. The van der Waals surface area contributed by atoms with Crippen LogP contribution in [0.4, 0.5) is 24.5 Å². The monoisotopic (exact) mass is 403 g/mol. The molecule has 29 heavy (non-hydrogen) atoms. The van der Waals surface area contributed by atoms with E-state index in [2.05, 4.69) is 15.1 Å². The van der Waals surface area contributed by atoms with E-state index in [-0.39, 0.29) is 11.9 Å². The van der Waals surface area contributed by atoms with Gasteiger partial charge in [-0.2, -0.15) is 13.2 Å². The quantitative estimate of drug-likeness (QED) is 0.849. The van der Waals surface area contributed by atoms with Gasteiger partial charge >= 0.3 is 6.18 Å². The van der Waals surface area contributed by atoms with Gasteiger partial charge in [0.1, 0.15) is 0 Å². The van der Waals surface area contributed by atoms with Crippen LogP contribution in [0.25, 0.3) is 0 Å². The van der Waals surface area contributed by atoms with Crippen molar-refractivity contribution in [3.05, 3.63) is 59.7 Å². The van der Waals surface area contributed by atoms with E-state index in [0.29, 0.717) is 31.6 Å². The molecule has 2 aromatic carbocycles. The molecule has 1 fully saturated rings. The number of benzene rings is 2. The van der Waals surface area contributed by atoms with Crippen molar-refractivity contribution in [3.63, 3.8) is 0 Å². The van der Waals surface area contributed by atoms with Crippen molar-refractivity contribution in [2.45, 2.75) is 25.6 Å². The van der Waals surface area contributed by atoms with Gasteiger partial charge in [0.25, 0.3) is 0 Å². The summed E-state index contributed by atoms with van der Waals surface area (Å²) in [7, 11) is 0. The molecule has 1 N–H and O–H groups in total. The van der Waals surface area contributed by atoms with Gasteiger partial charge in [0.05, 0.1) is 17.5 Å². The Hall–Kier alpha value is -2.70. The molecule has 2 heterocycles. The number of amides is 1. The van der Waals surface area contributed by atoms with Gasteiger partial charge in [0, 0.05) is 37.6 Å². The van der Waals surface area contributed by atoms with Crippen LogP contribution in [0.15, 0.2) is 48.5 Å². The molecule has 1 saturated heterocycles. The standard InChI is InChI=1S/C22H24F3N3O/c1-2-26-21(29)18-13-15-12-16(22(23,24)25)8-9-19(15)28-11-10-27(14-20(18)28)17-6-4-3-5-7-17/h3-9,12,18,20H,2,10-11,13-14H2,1H3,(H,26,29)/t18-,20+/m0/s1. The molecule has 2 atom stereocenters. The Morgan fingerprint density at radius 2 is 1.90 bits per heavy atom. The first kappa shape index (κ1) is 19.6. The van der Waals surface area contributed by atoms with E-state index in [1.54, 1.807) is 6.07 Å². The lowest BCUT2D eigenvalue weighted by Gasteiger charge is -2.49. The zero-order valence-electron chi connectivity index (χ0n) is 16.2. The Morgan fingerprint density at radius 1 is 1.14 bits per heavy atom. The smallest absolute Gasteiger partial charge is 0.368 e. The predicted octanol–water partition coefficient (Wildman–Crippen LogP) is 3.71. The summed E-state index contributed by atoms with van der Waals surface area (Å²) < 4.78 is 39.6. The fourth-order valence-electron chi connectivity index (χ4n) is 4.48. The van der Waals surface area contributed by atoms with Gasteiger partial charge in [-0.15, -0.1) is 0 Å². The lowest BCUT2D eigenvalue weighted by Crippen LogP contribution is -2.61. The van der Waals surface area contributed by atoms with Gasteiger partial charge in [0.15, 0.2) is 0 Å². The first-order valence-corrected chi connectivity index (χ1v) is 9.93. The number of fused-ring (bicyclic) bond motifs is 3. The summed E-state index contributed by atoms with van der Waals surface area (Å²) in [4.78, 5) is 17.2. The molecule has 0 aliphatic carbocycles. The van der Waals surface area contributed by atoms with Gasteiger partial charge in [-0.3, -0.25) is 4.79 Å². The number of carbonyl (C=O) groups is 1. The van der Waals surface area contributed by atoms with Gasteiger partial charge in [-0.05, 0) is 49.2 Å². The minimum Gasteiger partial charge on any atom is -0.368 e. The highest BCUT2D eigenvalue weighted by Crippen LogP contribution is 2.40. The van der Waals surface area contributed by atoms with Crippen LogP contribution in [0.2, 0.25) is 0 Å². The van der Waals surface area contributed by atoms with E-state index in [0.717, 1.165) is 24.0 Å². The van der Waals surface area contributed by atoms with Crippen molar-refractivity contribution in [2.75, 3.05) is 36.0 Å². The highest BCUT2D eigenvalue weighted by Gasteiger charge is 2.42. The third-order valence-electron chi connectivity index (χ3n) is 5.85. The number of alkyl halides is 3. The maximum absolute atomic E-state index is 13.2. The number of hydrogen-bond donors (Lipinski definition) is 1. The van der Waals surface area contributed by atoms with Crippen LogP contribution < -0.4 is 15.1 Å². The summed E-state index contributed by atoms with van der Waals surface area (Å²) in [5.74, 6) is -0.488. The van der Waals surface area contributed by atoms with Crippen LogP contribution in [0, 0.1) is 5.92 Å². The lowest BCUT2D eigenvalue weighted by molar-refractivity contribution is -0.137. The van der Waals surface area contributed by atoms with Crippen molar-refractivity contribution < 1.29 is 18.0 Å². The number of anilines is 2. The van der Waals surface area contributed by atoms with E-state index >= 15 is 0 Å². The van der Waals surface area contributed by atoms with Gasteiger partial charge < -0.3 is 15.1 Å². The molecule has 0 saturated carbocycles. The Kier molecular flexibility index (Phi) is 5.15. The fraction of sp³-hybridized carbons (Fsp3) is 0.409. The van der Waals surface area contributed by atoms with Crippen molar-refractivity contribution >= 4 is 17.3 Å². The summed E-state index contributed by atoms with van der Waals surface area (Å²) in [6, 6.07) is 13.9. The van der Waals surface area contributed by atoms with Crippen LogP contribution in [-0.2, 0) is 17.4 Å². The molecular weight excluding hydrogens is 379 g/mol. The number of nitrogens with one attached hydrogen (secondary N) is 1. The van der Waals surface area contributed by atoms with E-state index < -0.39 is 17.7 Å². The van der Waals surface area contributed by atoms with Gasteiger partial charge in [-0.25, -0.2) is 0 Å². The highest BCUT2D eigenvalue weighted by atomic mass is 19.4. The molecule has 0 aromatic heterocycles. The summed E-state index contributed by atoms with van der Waals surface area (Å²) in [5, 5.41) is 2.87. The Balaban J connectivity index is 1.69. The number of para-hydroxylation sites is 1. The van der Waals surface area contributed by atoms with Crippen LogP contribution in [0.1, 0.15) is 18.1 Å².